The van der Waals surface area contributed by atoms with Gasteiger partial charge < -0.3 is 5.32 Å². The van der Waals surface area contributed by atoms with Gasteiger partial charge in [-0.15, -0.1) is 0 Å². The van der Waals surface area contributed by atoms with Crippen molar-refractivity contribution < 1.29 is 4.79 Å². The summed E-state index contributed by atoms with van der Waals surface area (Å²) in [6.45, 7) is 0.112. The van der Waals surface area contributed by atoms with Gasteiger partial charge in [-0.3, -0.25) is 9.79 Å². The Labute approximate surface area is 138 Å². The van der Waals surface area contributed by atoms with Crippen LogP contribution in [0.5, 0.6) is 0 Å². The van der Waals surface area contributed by atoms with Crippen LogP contribution in [0.3, 0.4) is 0 Å². The van der Waals surface area contributed by atoms with Crippen molar-refractivity contribution in [3.8, 4) is 0 Å². The number of hydrogen-bond acceptors (Lipinski definition) is 2. The highest BCUT2D eigenvalue weighted by atomic mass is 35.5. The molecule has 3 aromatic carbocycles. The van der Waals surface area contributed by atoms with Gasteiger partial charge in [0.15, 0.2) is 0 Å². The number of carbonyl (C=O) groups excluding carboxylic acids is 1. The van der Waals surface area contributed by atoms with Crippen LogP contribution in [0, 0.1) is 0 Å². The third-order valence-corrected chi connectivity index (χ3v) is 4.20. The van der Waals surface area contributed by atoms with Gasteiger partial charge >= 0.3 is 0 Å². The van der Waals surface area contributed by atoms with Gasteiger partial charge in [-0.05, 0) is 17.5 Å². The highest BCUT2D eigenvalue weighted by Crippen LogP contribution is 2.31. The lowest BCUT2D eigenvalue weighted by Crippen LogP contribution is -2.13. The second kappa shape index (κ2) is 5.52. The van der Waals surface area contributed by atoms with Crippen LogP contribution in [0.1, 0.15) is 11.1 Å². The average molecular weight is 321 g/mol. The predicted molar refractivity (Wildman–Crippen MR) is 94.5 cm³/mol. The Balaban J connectivity index is 1.98. The molecule has 4 rings (SSSR count). The van der Waals surface area contributed by atoms with Crippen molar-refractivity contribution in [2.24, 2.45) is 4.99 Å². The van der Waals surface area contributed by atoms with E-state index in [0.29, 0.717) is 5.02 Å². The number of benzene rings is 3. The minimum Gasteiger partial charge on any atom is -0.323 e. The lowest BCUT2D eigenvalue weighted by Gasteiger charge is -2.13. The Hall–Kier alpha value is -2.65. The van der Waals surface area contributed by atoms with Crippen LogP contribution >= 0.6 is 11.6 Å². The fraction of sp³-hybridized carbons (Fsp3) is 0.0526. The highest BCUT2D eigenvalue weighted by Gasteiger charge is 2.19. The molecule has 3 nitrogen and oxygen atoms in total. The summed E-state index contributed by atoms with van der Waals surface area (Å²) in [5.41, 5.74) is 3.50. The molecule has 0 bridgehead atoms. The Morgan fingerprint density at radius 3 is 2.57 bits per heavy atom. The topological polar surface area (TPSA) is 41.5 Å². The number of anilines is 1. The average Bonchev–Trinajstić information content (AvgIpc) is 2.74. The van der Waals surface area contributed by atoms with Crippen LogP contribution in [0.4, 0.5) is 5.69 Å². The van der Waals surface area contributed by atoms with Crippen molar-refractivity contribution >= 4 is 39.7 Å². The number of aliphatic imine (C=N–C) groups is 1. The first-order valence-corrected chi connectivity index (χ1v) is 7.72. The Morgan fingerprint density at radius 1 is 0.957 bits per heavy atom. The van der Waals surface area contributed by atoms with Gasteiger partial charge in [-0.25, -0.2) is 0 Å². The monoisotopic (exact) mass is 320 g/mol. The first kappa shape index (κ1) is 14.0. The lowest BCUT2D eigenvalue weighted by molar-refractivity contribution is -0.114. The lowest BCUT2D eigenvalue weighted by atomic mass is 9.97. The SMILES string of the molecule is O=C1CN=C(c2ccc(Cl)cc2)c2ccc3ccccc3c2N1. The zero-order chi connectivity index (χ0) is 15.8. The summed E-state index contributed by atoms with van der Waals surface area (Å²) >= 11 is 5.98. The molecule has 23 heavy (non-hydrogen) atoms. The van der Waals surface area contributed by atoms with Crippen molar-refractivity contribution in [1.29, 1.82) is 0 Å². The number of hydrogen-bond donors (Lipinski definition) is 1. The molecule has 1 aliphatic rings. The van der Waals surface area contributed by atoms with Crippen LogP contribution in [-0.4, -0.2) is 18.2 Å². The molecule has 3 aromatic rings. The normalized spacial score (nSPS) is 14.0. The van der Waals surface area contributed by atoms with E-state index in [1.807, 2.05) is 54.6 Å². The third-order valence-electron chi connectivity index (χ3n) is 3.95. The number of amides is 1. The smallest absolute Gasteiger partial charge is 0.246 e. The Morgan fingerprint density at radius 2 is 1.74 bits per heavy atom. The van der Waals surface area contributed by atoms with Crippen molar-refractivity contribution in [3.63, 3.8) is 0 Å². The van der Waals surface area contributed by atoms with Gasteiger partial charge in [0.2, 0.25) is 5.91 Å². The molecule has 0 aliphatic carbocycles. The molecule has 1 heterocycles. The molecular weight excluding hydrogens is 308 g/mol. The predicted octanol–water partition coefficient (Wildman–Crippen LogP) is 4.28. The number of halogens is 1. The number of carbonyl (C=O) groups is 1. The van der Waals surface area contributed by atoms with Gasteiger partial charge in [0.25, 0.3) is 0 Å². The molecule has 0 radical (unpaired) electrons. The van der Waals surface area contributed by atoms with Gasteiger partial charge in [-0.2, -0.15) is 0 Å². The standard InChI is InChI=1S/C19H13ClN2O/c20-14-8-5-13(6-9-14)18-16-10-7-12-3-1-2-4-15(12)19(16)22-17(23)11-21-18/h1-10H,11H2,(H,22,23). The van der Waals surface area contributed by atoms with E-state index in [2.05, 4.69) is 16.4 Å². The highest BCUT2D eigenvalue weighted by molar-refractivity contribution is 6.31. The molecule has 0 saturated heterocycles. The quantitative estimate of drug-likeness (QED) is 0.714. The molecule has 4 heteroatoms. The maximum Gasteiger partial charge on any atom is 0.246 e. The van der Waals surface area contributed by atoms with Crippen LogP contribution in [0.2, 0.25) is 5.02 Å². The molecule has 1 N–H and O–H groups in total. The third kappa shape index (κ3) is 2.49. The first-order chi connectivity index (χ1) is 11.2. The largest absolute Gasteiger partial charge is 0.323 e. The van der Waals surface area contributed by atoms with E-state index in [9.17, 15) is 4.79 Å². The van der Waals surface area contributed by atoms with Gasteiger partial charge in [-0.1, -0.05) is 60.1 Å². The van der Waals surface area contributed by atoms with Crippen LogP contribution in [0.15, 0.2) is 65.7 Å². The molecule has 0 saturated carbocycles. The summed E-state index contributed by atoms with van der Waals surface area (Å²) in [6, 6.07) is 19.6. The van der Waals surface area contributed by atoms with Crippen molar-refractivity contribution in [2.45, 2.75) is 0 Å². The number of nitrogens with one attached hydrogen (secondary N) is 1. The zero-order valence-corrected chi connectivity index (χ0v) is 13.0. The number of rotatable bonds is 1. The zero-order valence-electron chi connectivity index (χ0n) is 12.2. The second-order valence-corrected chi connectivity index (χ2v) is 5.87. The van der Waals surface area contributed by atoms with E-state index >= 15 is 0 Å². The summed E-state index contributed by atoms with van der Waals surface area (Å²) in [5.74, 6) is -0.105. The van der Waals surface area contributed by atoms with E-state index in [-0.39, 0.29) is 12.5 Å². The van der Waals surface area contributed by atoms with E-state index in [1.54, 1.807) is 0 Å². The molecular formula is C19H13ClN2O. The van der Waals surface area contributed by atoms with E-state index in [4.69, 9.17) is 11.6 Å². The molecule has 0 unspecified atom stereocenters. The fourth-order valence-electron chi connectivity index (χ4n) is 2.87. The Kier molecular flexibility index (Phi) is 3.36. The van der Waals surface area contributed by atoms with Gasteiger partial charge in [0.1, 0.15) is 6.54 Å². The molecule has 112 valence electrons. The van der Waals surface area contributed by atoms with Crippen LogP contribution < -0.4 is 5.32 Å². The minimum atomic E-state index is -0.105. The second-order valence-electron chi connectivity index (χ2n) is 5.43. The first-order valence-electron chi connectivity index (χ1n) is 7.35. The summed E-state index contributed by atoms with van der Waals surface area (Å²) in [6.07, 6.45) is 0. The molecule has 0 aromatic heterocycles. The van der Waals surface area contributed by atoms with Gasteiger partial charge in [0, 0.05) is 21.5 Å². The van der Waals surface area contributed by atoms with Crippen LogP contribution in [0.25, 0.3) is 10.8 Å². The van der Waals surface area contributed by atoms with Crippen molar-refractivity contribution in [2.75, 3.05) is 11.9 Å². The summed E-state index contributed by atoms with van der Waals surface area (Å²) in [5, 5.41) is 5.78. The molecule has 1 amide bonds. The summed E-state index contributed by atoms with van der Waals surface area (Å²) in [7, 11) is 0. The van der Waals surface area contributed by atoms with E-state index < -0.39 is 0 Å². The molecule has 0 fully saturated rings. The molecule has 1 aliphatic heterocycles. The molecule has 0 atom stereocenters. The maximum atomic E-state index is 12.1. The summed E-state index contributed by atoms with van der Waals surface area (Å²) < 4.78 is 0. The summed E-state index contributed by atoms with van der Waals surface area (Å²) in [4.78, 5) is 16.6. The number of nitrogens with zero attached hydrogens (tertiary/aromatic N) is 1. The van der Waals surface area contributed by atoms with Crippen molar-refractivity contribution in [1.82, 2.24) is 0 Å². The van der Waals surface area contributed by atoms with Crippen LogP contribution in [-0.2, 0) is 4.79 Å². The van der Waals surface area contributed by atoms with E-state index in [1.165, 1.54) is 0 Å². The Bertz CT molecular complexity index is 945. The number of fused-ring (bicyclic) bond motifs is 3. The minimum absolute atomic E-state index is 0.105. The van der Waals surface area contributed by atoms with E-state index in [0.717, 1.165) is 33.3 Å². The van der Waals surface area contributed by atoms with Crippen molar-refractivity contribution in [3.05, 3.63) is 76.8 Å². The molecule has 0 spiro atoms. The van der Waals surface area contributed by atoms with Gasteiger partial charge in [0.05, 0.1) is 11.4 Å². The maximum absolute atomic E-state index is 12.1. The fourth-order valence-corrected chi connectivity index (χ4v) is 3.00.